The van der Waals surface area contributed by atoms with Gasteiger partial charge in [-0.25, -0.2) is 0 Å². The zero-order valence-electron chi connectivity index (χ0n) is 10.2. The quantitative estimate of drug-likeness (QED) is 0.688. The summed E-state index contributed by atoms with van der Waals surface area (Å²) in [6, 6.07) is 16.9. The highest BCUT2D eigenvalue weighted by atomic mass is 79.9. The lowest BCUT2D eigenvalue weighted by atomic mass is 10.1. The number of alkyl halides is 1. The Labute approximate surface area is 125 Å². The molecule has 0 saturated carbocycles. The standard InChI is InChI=1S/C15H15Br2N/c1-18(11-12-6-8-14(17)9-7-12)15-5-3-2-4-13(15)10-16/h2-9H,10-11H2,1H3. The predicted molar refractivity (Wildman–Crippen MR) is 85.3 cm³/mol. The Balaban J connectivity index is 2.16. The van der Waals surface area contributed by atoms with Gasteiger partial charge >= 0.3 is 0 Å². The largest absolute Gasteiger partial charge is 0.370 e. The van der Waals surface area contributed by atoms with Crippen LogP contribution in [0.5, 0.6) is 0 Å². The van der Waals surface area contributed by atoms with Gasteiger partial charge in [-0.1, -0.05) is 62.2 Å². The second kappa shape index (κ2) is 6.39. The Morgan fingerprint density at radius 3 is 2.33 bits per heavy atom. The van der Waals surface area contributed by atoms with Crippen LogP contribution >= 0.6 is 31.9 Å². The average molecular weight is 369 g/mol. The van der Waals surface area contributed by atoms with E-state index in [0.29, 0.717) is 0 Å². The Kier molecular flexibility index (Phi) is 4.84. The molecule has 0 aliphatic rings. The fraction of sp³-hybridized carbons (Fsp3) is 0.200. The molecular weight excluding hydrogens is 354 g/mol. The van der Waals surface area contributed by atoms with Crippen molar-refractivity contribution in [1.29, 1.82) is 0 Å². The monoisotopic (exact) mass is 367 g/mol. The van der Waals surface area contributed by atoms with Gasteiger partial charge < -0.3 is 4.90 Å². The fourth-order valence-corrected chi connectivity index (χ4v) is 2.68. The molecule has 2 aromatic carbocycles. The minimum atomic E-state index is 0.883. The molecule has 0 aliphatic carbocycles. The normalized spacial score (nSPS) is 10.4. The molecule has 0 aliphatic heterocycles. The van der Waals surface area contributed by atoms with Crippen LogP contribution in [-0.2, 0) is 11.9 Å². The van der Waals surface area contributed by atoms with E-state index in [-0.39, 0.29) is 0 Å². The average Bonchev–Trinajstić information content (AvgIpc) is 2.41. The highest BCUT2D eigenvalue weighted by molar-refractivity contribution is 9.10. The van der Waals surface area contributed by atoms with Crippen LogP contribution in [0, 0.1) is 0 Å². The fourth-order valence-electron chi connectivity index (χ4n) is 1.95. The molecule has 2 rings (SSSR count). The molecule has 0 aromatic heterocycles. The summed E-state index contributed by atoms with van der Waals surface area (Å²) in [6.45, 7) is 0.914. The van der Waals surface area contributed by atoms with Crippen LogP contribution in [0.1, 0.15) is 11.1 Å². The van der Waals surface area contributed by atoms with Crippen LogP contribution in [0.15, 0.2) is 53.0 Å². The van der Waals surface area contributed by atoms with Gasteiger partial charge in [-0.15, -0.1) is 0 Å². The van der Waals surface area contributed by atoms with Gasteiger partial charge in [0.2, 0.25) is 0 Å². The summed E-state index contributed by atoms with van der Waals surface area (Å²) in [4.78, 5) is 2.28. The van der Waals surface area contributed by atoms with Crippen molar-refractivity contribution in [3.05, 3.63) is 64.1 Å². The number of anilines is 1. The lowest BCUT2D eigenvalue weighted by Crippen LogP contribution is -2.17. The van der Waals surface area contributed by atoms with Gasteiger partial charge in [-0.05, 0) is 29.3 Å². The first-order valence-corrected chi connectivity index (χ1v) is 7.71. The SMILES string of the molecule is CN(Cc1ccc(Br)cc1)c1ccccc1CBr. The van der Waals surface area contributed by atoms with Gasteiger partial charge in [0, 0.05) is 29.1 Å². The van der Waals surface area contributed by atoms with Crippen molar-refractivity contribution in [1.82, 2.24) is 0 Å². The Bertz CT molecular complexity index is 508. The van der Waals surface area contributed by atoms with Gasteiger partial charge in [0.15, 0.2) is 0 Å². The number of nitrogens with zero attached hydrogens (tertiary/aromatic N) is 1. The number of halogens is 2. The molecule has 0 bridgehead atoms. The second-order valence-electron chi connectivity index (χ2n) is 4.24. The summed E-state index contributed by atoms with van der Waals surface area (Å²) in [6.07, 6.45) is 0. The number of rotatable bonds is 4. The smallest absolute Gasteiger partial charge is 0.0426 e. The summed E-state index contributed by atoms with van der Waals surface area (Å²) >= 11 is 7.00. The number of benzene rings is 2. The van der Waals surface area contributed by atoms with Crippen molar-refractivity contribution in [2.45, 2.75) is 11.9 Å². The highest BCUT2D eigenvalue weighted by Crippen LogP contribution is 2.23. The highest BCUT2D eigenvalue weighted by Gasteiger charge is 2.06. The van der Waals surface area contributed by atoms with Crippen LogP contribution in [0.4, 0.5) is 5.69 Å². The van der Waals surface area contributed by atoms with Crippen LogP contribution in [0.2, 0.25) is 0 Å². The van der Waals surface area contributed by atoms with E-state index in [0.717, 1.165) is 16.3 Å². The number of hydrogen-bond donors (Lipinski definition) is 0. The predicted octanol–water partition coefficient (Wildman–Crippen LogP) is 4.98. The molecule has 0 unspecified atom stereocenters. The first-order valence-electron chi connectivity index (χ1n) is 5.80. The van der Waals surface area contributed by atoms with Crippen molar-refractivity contribution in [2.75, 3.05) is 11.9 Å². The summed E-state index contributed by atoms with van der Waals surface area (Å²) in [5, 5.41) is 0.883. The maximum absolute atomic E-state index is 3.54. The molecule has 1 nitrogen and oxygen atoms in total. The topological polar surface area (TPSA) is 3.24 Å². The first kappa shape index (κ1) is 13.6. The number of para-hydroxylation sites is 1. The third kappa shape index (κ3) is 3.36. The van der Waals surface area contributed by atoms with E-state index < -0.39 is 0 Å². The molecule has 0 N–H and O–H groups in total. The van der Waals surface area contributed by atoms with Gasteiger partial charge in [-0.2, -0.15) is 0 Å². The molecule has 18 heavy (non-hydrogen) atoms. The lowest BCUT2D eigenvalue weighted by molar-refractivity contribution is 0.916. The molecule has 94 valence electrons. The molecule has 0 saturated heterocycles. The zero-order valence-corrected chi connectivity index (χ0v) is 13.4. The molecule has 0 radical (unpaired) electrons. The minimum absolute atomic E-state index is 0.883. The van der Waals surface area contributed by atoms with Crippen LogP contribution in [-0.4, -0.2) is 7.05 Å². The lowest BCUT2D eigenvalue weighted by Gasteiger charge is -2.22. The summed E-state index contributed by atoms with van der Waals surface area (Å²) in [5.41, 5.74) is 3.90. The zero-order chi connectivity index (χ0) is 13.0. The van der Waals surface area contributed by atoms with Gasteiger partial charge in [0.25, 0.3) is 0 Å². The van der Waals surface area contributed by atoms with Crippen LogP contribution in [0.3, 0.4) is 0 Å². The van der Waals surface area contributed by atoms with E-state index in [9.17, 15) is 0 Å². The van der Waals surface area contributed by atoms with Gasteiger partial charge in [0.1, 0.15) is 0 Å². The Morgan fingerprint density at radius 1 is 1.00 bits per heavy atom. The third-order valence-electron chi connectivity index (χ3n) is 2.88. The molecular formula is C15H15Br2N. The van der Waals surface area contributed by atoms with Gasteiger partial charge in [0.05, 0.1) is 0 Å². The van der Waals surface area contributed by atoms with Crippen molar-refractivity contribution in [2.24, 2.45) is 0 Å². The van der Waals surface area contributed by atoms with E-state index in [2.05, 4.69) is 92.3 Å². The summed E-state index contributed by atoms with van der Waals surface area (Å²) < 4.78 is 1.12. The van der Waals surface area contributed by atoms with Crippen molar-refractivity contribution in [3.8, 4) is 0 Å². The number of hydrogen-bond acceptors (Lipinski definition) is 1. The first-order chi connectivity index (χ1) is 8.70. The molecule has 0 atom stereocenters. The Hall–Kier alpha value is -0.800. The van der Waals surface area contributed by atoms with Crippen LogP contribution < -0.4 is 4.90 Å². The maximum atomic E-state index is 3.54. The van der Waals surface area contributed by atoms with Gasteiger partial charge in [-0.3, -0.25) is 0 Å². The minimum Gasteiger partial charge on any atom is -0.370 e. The van der Waals surface area contributed by atoms with E-state index in [1.54, 1.807) is 0 Å². The van der Waals surface area contributed by atoms with E-state index >= 15 is 0 Å². The molecule has 0 spiro atoms. The molecule has 2 aromatic rings. The van der Waals surface area contributed by atoms with Crippen LogP contribution in [0.25, 0.3) is 0 Å². The summed E-state index contributed by atoms with van der Waals surface area (Å²) in [5.74, 6) is 0. The van der Waals surface area contributed by atoms with E-state index in [1.807, 2.05) is 0 Å². The molecule has 0 amide bonds. The van der Waals surface area contributed by atoms with E-state index in [1.165, 1.54) is 16.8 Å². The van der Waals surface area contributed by atoms with Crippen molar-refractivity contribution in [3.63, 3.8) is 0 Å². The van der Waals surface area contributed by atoms with E-state index in [4.69, 9.17) is 0 Å². The molecule has 0 heterocycles. The molecule has 0 fully saturated rings. The second-order valence-corrected chi connectivity index (χ2v) is 5.72. The van der Waals surface area contributed by atoms with Crippen molar-refractivity contribution >= 4 is 37.5 Å². The molecule has 3 heteroatoms. The Morgan fingerprint density at radius 2 is 1.67 bits per heavy atom. The maximum Gasteiger partial charge on any atom is 0.0426 e. The third-order valence-corrected chi connectivity index (χ3v) is 4.01. The van der Waals surface area contributed by atoms with Crippen molar-refractivity contribution < 1.29 is 0 Å². The summed E-state index contributed by atoms with van der Waals surface area (Å²) in [7, 11) is 2.13.